The van der Waals surface area contributed by atoms with Crippen LogP contribution in [0.15, 0.2) is 230 Å². The molecule has 3 heteroatoms. The first-order valence-corrected chi connectivity index (χ1v) is 24.5. The Morgan fingerprint density at radius 3 is 1.51 bits per heavy atom. The summed E-state index contributed by atoms with van der Waals surface area (Å²) in [4.78, 5) is 4.72. The highest BCUT2D eigenvalue weighted by atomic mass is 28.3. The summed E-state index contributed by atoms with van der Waals surface area (Å²) in [6.07, 6.45) is 8.18. The number of rotatable bonds is 8. The van der Waals surface area contributed by atoms with Crippen molar-refractivity contribution in [3.63, 3.8) is 0 Å². The number of benzene rings is 9. The van der Waals surface area contributed by atoms with E-state index in [9.17, 15) is 0 Å². The third kappa shape index (κ3) is 6.32. The minimum absolute atomic E-state index is 0.206. The summed E-state index contributed by atoms with van der Waals surface area (Å²) < 4.78 is 0. The van der Waals surface area contributed by atoms with Crippen molar-refractivity contribution in [3.05, 3.63) is 236 Å². The molecule has 0 saturated heterocycles. The molecule has 11 rings (SSSR count). The van der Waals surface area contributed by atoms with Crippen LogP contribution in [0.25, 0.3) is 43.8 Å². The standard InChI is InChI=1S/C58H46N2Si/c1-61(2)55-30-18-17-27-49(55)52-39-53-54(40-56(52)61)58(42-33-37-48(38-34-42)60(45-23-11-5-12-24-45)46-25-13-6-14-26-46)51-29-16-15-28-50(51)57(53)41-31-35-47(36-32-41)59(43-19-7-3-8-20-43)44-21-9-4-10-22-44/h3-33,35-40,42H,34H2,1-2H3. The van der Waals surface area contributed by atoms with Crippen molar-refractivity contribution in [3.8, 4) is 22.3 Å². The Labute approximate surface area is 360 Å². The maximum absolute atomic E-state index is 2.62. The predicted octanol–water partition coefficient (Wildman–Crippen LogP) is 14.7. The number of hydrogen-bond acceptors (Lipinski definition) is 2. The molecule has 0 bridgehead atoms. The molecule has 61 heavy (non-hydrogen) atoms. The Morgan fingerprint density at radius 1 is 0.426 bits per heavy atom. The molecule has 1 aliphatic carbocycles. The van der Waals surface area contributed by atoms with Crippen LogP contribution in [0.4, 0.5) is 28.4 Å². The average Bonchev–Trinajstić information content (AvgIpc) is 3.54. The van der Waals surface area contributed by atoms with E-state index >= 15 is 0 Å². The Balaban J connectivity index is 1.09. The van der Waals surface area contributed by atoms with Gasteiger partial charge in [-0.05, 0) is 139 Å². The lowest BCUT2D eigenvalue weighted by atomic mass is 9.80. The molecule has 0 radical (unpaired) electrons. The molecule has 1 aliphatic heterocycles. The largest absolute Gasteiger partial charge is 0.311 e. The van der Waals surface area contributed by atoms with Crippen LogP contribution in [0.1, 0.15) is 17.9 Å². The second-order valence-electron chi connectivity index (χ2n) is 16.8. The fourth-order valence-electron chi connectivity index (χ4n) is 10.1. The highest BCUT2D eigenvalue weighted by molar-refractivity contribution is 7.04. The monoisotopic (exact) mass is 798 g/mol. The van der Waals surface area contributed by atoms with Gasteiger partial charge in [0, 0.05) is 40.1 Å². The van der Waals surface area contributed by atoms with Crippen LogP contribution in [0.2, 0.25) is 13.1 Å². The second kappa shape index (κ2) is 15.1. The van der Waals surface area contributed by atoms with Gasteiger partial charge in [-0.15, -0.1) is 0 Å². The minimum Gasteiger partial charge on any atom is -0.311 e. The van der Waals surface area contributed by atoms with Gasteiger partial charge >= 0.3 is 0 Å². The summed E-state index contributed by atoms with van der Waals surface area (Å²) >= 11 is 0. The van der Waals surface area contributed by atoms with E-state index in [2.05, 4.69) is 247 Å². The van der Waals surface area contributed by atoms with Crippen molar-refractivity contribution < 1.29 is 0 Å². The molecule has 9 aromatic rings. The van der Waals surface area contributed by atoms with Gasteiger partial charge in [-0.2, -0.15) is 0 Å². The van der Waals surface area contributed by atoms with Gasteiger partial charge in [-0.3, -0.25) is 0 Å². The van der Waals surface area contributed by atoms with Crippen LogP contribution in [-0.2, 0) is 0 Å². The van der Waals surface area contributed by atoms with Crippen LogP contribution >= 0.6 is 0 Å². The lowest BCUT2D eigenvalue weighted by molar-refractivity contribution is 0.854. The van der Waals surface area contributed by atoms with E-state index in [1.807, 2.05) is 0 Å². The lowest BCUT2D eigenvalue weighted by Crippen LogP contribution is -2.49. The highest BCUT2D eigenvalue weighted by Crippen LogP contribution is 2.47. The van der Waals surface area contributed by atoms with Crippen LogP contribution in [0.5, 0.6) is 0 Å². The fraction of sp³-hybridized carbons (Fsp3) is 0.0690. The Morgan fingerprint density at radius 2 is 0.934 bits per heavy atom. The number of fused-ring (bicyclic) bond motifs is 5. The van der Waals surface area contributed by atoms with E-state index in [1.165, 1.54) is 65.4 Å². The SMILES string of the molecule is C[Si]1(C)c2ccccc2-c2cc3c(-c4ccc(N(c5ccccc5)c5ccccc5)cc4)c4ccccc4c(C4C=CC(N(c5ccccc5)c5ccccc5)=CC4)c3cc21. The van der Waals surface area contributed by atoms with Gasteiger partial charge in [0.05, 0.1) is 0 Å². The van der Waals surface area contributed by atoms with Crippen molar-refractivity contribution in [1.82, 2.24) is 0 Å². The lowest BCUT2D eigenvalue weighted by Gasteiger charge is -2.30. The number of allylic oxidation sites excluding steroid dienone is 3. The average molecular weight is 799 g/mol. The van der Waals surface area contributed by atoms with Crippen LogP contribution in [0.3, 0.4) is 0 Å². The molecule has 2 aliphatic rings. The first-order chi connectivity index (χ1) is 30.0. The molecule has 1 unspecified atom stereocenters. The molecule has 0 N–H and O–H groups in total. The molecule has 0 aromatic heterocycles. The summed E-state index contributed by atoms with van der Waals surface area (Å²) in [6, 6.07) is 75.6. The van der Waals surface area contributed by atoms with Crippen molar-refractivity contribution in [2.45, 2.75) is 25.4 Å². The van der Waals surface area contributed by atoms with E-state index in [1.54, 1.807) is 0 Å². The minimum atomic E-state index is -1.96. The number of para-hydroxylation sites is 4. The van der Waals surface area contributed by atoms with E-state index in [-0.39, 0.29) is 5.92 Å². The van der Waals surface area contributed by atoms with Crippen molar-refractivity contribution in [2.75, 3.05) is 9.80 Å². The van der Waals surface area contributed by atoms with E-state index in [0.717, 1.165) is 34.9 Å². The van der Waals surface area contributed by atoms with Crippen molar-refractivity contribution >= 4 is 68.4 Å². The zero-order chi connectivity index (χ0) is 40.9. The molecular weight excluding hydrogens is 753 g/mol. The van der Waals surface area contributed by atoms with Crippen LogP contribution in [-0.4, -0.2) is 8.07 Å². The van der Waals surface area contributed by atoms with Gasteiger partial charge in [0.1, 0.15) is 8.07 Å². The third-order valence-electron chi connectivity index (χ3n) is 12.9. The molecule has 1 heterocycles. The van der Waals surface area contributed by atoms with Gasteiger partial charge < -0.3 is 9.80 Å². The molecule has 0 spiro atoms. The third-order valence-corrected chi connectivity index (χ3v) is 16.5. The molecule has 9 aromatic carbocycles. The molecule has 0 fully saturated rings. The zero-order valence-electron chi connectivity index (χ0n) is 34.5. The van der Waals surface area contributed by atoms with E-state index in [4.69, 9.17) is 0 Å². The van der Waals surface area contributed by atoms with Gasteiger partial charge in [-0.25, -0.2) is 0 Å². The summed E-state index contributed by atoms with van der Waals surface area (Å²) in [7, 11) is -1.96. The number of anilines is 5. The highest BCUT2D eigenvalue weighted by Gasteiger charge is 2.38. The molecule has 1 atom stereocenters. The Hall–Kier alpha value is -7.20. The summed E-state index contributed by atoms with van der Waals surface area (Å²) in [6.45, 7) is 5.07. The Kier molecular flexibility index (Phi) is 9.13. The maximum atomic E-state index is 2.62. The zero-order valence-corrected chi connectivity index (χ0v) is 35.5. The normalized spacial score (nSPS) is 15.0. The van der Waals surface area contributed by atoms with Crippen molar-refractivity contribution in [1.29, 1.82) is 0 Å². The molecular formula is C58H46N2Si. The molecule has 2 nitrogen and oxygen atoms in total. The molecule has 0 amide bonds. The quantitative estimate of drug-likeness (QED) is 0.112. The van der Waals surface area contributed by atoms with Gasteiger partial charge in [0.2, 0.25) is 0 Å². The van der Waals surface area contributed by atoms with E-state index in [0.29, 0.717) is 0 Å². The first kappa shape index (κ1) is 36.8. The summed E-state index contributed by atoms with van der Waals surface area (Å²) in [5, 5.41) is 8.38. The van der Waals surface area contributed by atoms with Gasteiger partial charge in [0.15, 0.2) is 0 Å². The summed E-state index contributed by atoms with van der Waals surface area (Å²) in [5.74, 6) is 0.206. The van der Waals surface area contributed by atoms with Crippen molar-refractivity contribution in [2.24, 2.45) is 0 Å². The Bertz CT molecular complexity index is 3040. The fourth-order valence-corrected chi connectivity index (χ4v) is 13.2. The molecule has 292 valence electrons. The number of nitrogens with zero attached hydrogens (tertiary/aromatic N) is 2. The smallest absolute Gasteiger partial charge is 0.113 e. The first-order valence-electron chi connectivity index (χ1n) is 21.5. The second-order valence-corrected chi connectivity index (χ2v) is 21.2. The molecule has 0 saturated carbocycles. The predicted molar refractivity (Wildman–Crippen MR) is 263 cm³/mol. The van der Waals surface area contributed by atoms with Gasteiger partial charge in [0.25, 0.3) is 0 Å². The van der Waals surface area contributed by atoms with Gasteiger partial charge in [-0.1, -0.05) is 165 Å². The van der Waals surface area contributed by atoms with E-state index < -0.39 is 8.07 Å². The van der Waals surface area contributed by atoms with Crippen LogP contribution < -0.4 is 20.2 Å². The van der Waals surface area contributed by atoms with Crippen LogP contribution in [0, 0.1) is 0 Å². The number of hydrogen-bond donors (Lipinski definition) is 0. The maximum Gasteiger partial charge on any atom is 0.113 e. The summed E-state index contributed by atoms with van der Waals surface area (Å²) in [5.41, 5.74) is 13.7. The topological polar surface area (TPSA) is 6.48 Å².